The Morgan fingerprint density at radius 3 is 2.53 bits per heavy atom. The molecular weight excluding hydrogens is 229 g/mol. The van der Waals surface area contributed by atoms with Crippen molar-refractivity contribution >= 4 is 0 Å². The van der Waals surface area contributed by atoms with Gasteiger partial charge in [-0.1, -0.05) is 13.8 Å². The van der Waals surface area contributed by atoms with Crippen molar-refractivity contribution in [3.05, 3.63) is 24.0 Å². The molecule has 0 radical (unpaired) electrons. The molecular formula is C12H19F3N2. The normalized spacial score (nSPS) is 14.3. The van der Waals surface area contributed by atoms with Gasteiger partial charge < -0.3 is 10.3 Å². The fourth-order valence-corrected chi connectivity index (χ4v) is 1.64. The molecule has 0 fully saturated rings. The van der Waals surface area contributed by atoms with E-state index in [1.165, 1.54) is 0 Å². The molecule has 0 saturated carbocycles. The van der Waals surface area contributed by atoms with Crippen molar-refractivity contribution < 1.29 is 13.2 Å². The molecule has 1 atom stereocenters. The first-order valence-electron chi connectivity index (χ1n) is 5.77. The van der Waals surface area contributed by atoms with Gasteiger partial charge in [0.2, 0.25) is 0 Å². The second kappa shape index (κ2) is 5.58. The molecule has 1 aromatic heterocycles. The van der Waals surface area contributed by atoms with E-state index in [-0.39, 0.29) is 12.5 Å². The standard InChI is InChI=1S/C12H19F3N2/c1-9(2)11(16)10-4-7-17(8-10)6-3-5-12(13,14)15/h4,7-9,11H,3,5-6,16H2,1-2H3. The predicted molar refractivity (Wildman–Crippen MR) is 61.5 cm³/mol. The monoisotopic (exact) mass is 248 g/mol. The van der Waals surface area contributed by atoms with Gasteiger partial charge in [0.25, 0.3) is 0 Å². The van der Waals surface area contributed by atoms with Crippen LogP contribution in [0.4, 0.5) is 13.2 Å². The molecule has 1 unspecified atom stereocenters. The Morgan fingerprint density at radius 2 is 2.00 bits per heavy atom. The summed E-state index contributed by atoms with van der Waals surface area (Å²) in [6.07, 6.45) is -1.08. The highest BCUT2D eigenvalue weighted by atomic mass is 19.4. The van der Waals surface area contributed by atoms with E-state index in [0.29, 0.717) is 12.5 Å². The Morgan fingerprint density at radius 1 is 1.35 bits per heavy atom. The van der Waals surface area contributed by atoms with Crippen LogP contribution in [0.3, 0.4) is 0 Å². The Bertz CT molecular complexity index is 342. The lowest BCUT2D eigenvalue weighted by Crippen LogP contribution is -2.16. The van der Waals surface area contributed by atoms with Crippen LogP contribution >= 0.6 is 0 Å². The average Bonchev–Trinajstić information content (AvgIpc) is 2.63. The van der Waals surface area contributed by atoms with Gasteiger partial charge in [0.15, 0.2) is 0 Å². The summed E-state index contributed by atoms with van der Waals surface area (Å²) in [5.74, 6) is 0.320. The third-order valence-electron chi connectivity index (χ3n) is 2.75. The molecule has 0 aliphatic carbocycles. The zero-order valence-electron chi connectivity index (χ0n) is 10.2. The van der Waals surface area contributed by atoms with Gasteiger partial charge in [-0.15, -0.1) is 0 Å². The van der Waals surface area contributed by atoms with Gasteiger partial charge in [0, 0.05) is 31.4 Å². The van der Waals surface area contributed by atoms with Gasteiger partial charge in [0.1, 0.15) is 0 Å². The smallest absolute Gasteiger partial charge is 0.354 e. The molecule has 0 bridgehead atoms. The summed E-state index contributed by atoms with van der Waals surface area (Å²) >= 11 is 0. The molecule has 0 amide bonds. The van der Waals surface area contributed by atoms with Crippen molar-refractivity contribution in [2.75, 3.05) is 0 Å². The summed E-state index contributed by atoms with van der Waals surface area (Å²) in [6, 6.07) is 1.82. The molecule has 0 aliphatic rings. The van der Waals surface area contributed by atoms with E-state index in [9.17, 15) is 13.2 Å². The van der Waals surface area contributed by atoms with Gasteiger partial charge in [-0.25, -0.2) is 0 Å². The number of aromatic nitrogens is 1. The Kier molecular flexibility index (Phi) is 4.62. The lowest BCUT2D eigenvalue weighted by atomic mass is 10.00. The quantitative estimate of drug-likeness (QED) is 0.849. The van der Waals surface area contributed by atoms with Crippen LogP contribution in [0.5, 0.6) is 0 Å². The maximum Gasteiger partial charge on any atom is 0.389 e. The number of halogens is 3. The topological polar surface area (TPSA) is 30.9 Å². The van der Waals surface area contributed by atoms with Crippen molar-refractivity contribution in [3.63, 3.8) is 0 Å². The number of nitrogens with two attached hydrogens (primary N) is 1. The van der Waals surface area contributed by atoms with Gasteiger partial charge in [-0.2, -0.15) is 13.2 Å². The Hall–Kier alpha value is -0.970. The summed E-state index contributed by atoms with van der Waals surface area (Å²) in [5.41, 5.74) is 6.93. The van der Waals surface area contributed by atoms with Gasteiger partial charge >= 0.3 is 6.18 Å². The Balaban J connectivity index is 2.46. The number of hydrogen-bond acceptors (Lipinski definition) is 1. The highest BCUT2D eigenvalue weighted by molar-refractivity contribution is 5.15. The first-order valence-corrected chi connectivity index (χ1v) is 5.77. The molecule has 1 aromatic rings. The molecule has 2 nitrogen and oxygen atoms in total. The zero-order valence-corrected chi connectivity index (χ0v) is 10.2. The van der Waals surface area contributed by atoms with E-state index in [1.807, 2.05) is 26.1 Å². The molecule has 1 rings (SSSR count). The molecule has 5 heteroatoms. The molecule has 98 valence electrons. The fourth-order valence-electron chi connectivity index (χ4n) is 1.64. The summed E-state index contributed by atoms with van der Waals surface area (Å²) in [6.45, 7) is 4.42. The van der Waals surface area contributed by atoms with E-state index in [1.54, 1.807) is 10.8 Å². The molecule has 0 saturated heterocycles. The van der Waals surface area contributed by atoms with Gasteiger partial charge in [0.05, 0.1) is 0 Å². The molecule has 1 heterocycles. The second-order valence-electron chi connectivity index (χ2n) is 4.67. The van der Waals surface area contributed by atoms with Crippen molar-refractivity contribution in [2.24, 2.45) is 11.7 Å². The summed E-state index contributed by atoms with van der Waals surface area (Å²) < 4.78 is 37.7. The summed E-state index contributed by atoms with van der Waals surface area (Å²) in [5, 5.41) is 0. The van der Waals surface area contributed by atoms with Crippen LogP contribution in [-0.4, -0.2) is 10.7 Å². The molecule has 0 aromatic carbocycles. The highest BCUT2D eigenvalue weighted by Gasteiger charge is 2.26. The molecule has 0 spiro atoms. The minimum absolute atomic E-state index is 0.0566. The third-order valence-corrected chi connectivity index (χ3v) is 2.75. The van der Waals surface area contributed by atoms with E-state index in [2.05, 4.69) is 0 Å². The van der Waals surface area contributed by atoms with E-state index < -0.39 is 12.6 Å². The lowest BCUT2D eigenvalue weighted by Gasteiger charge is -2.13. The number of rotatable bonds is 5. The zero-order chi connectivity index (χ0) is 13.1. The van der Waals surface area contributed by atoms with Crippen LogP contribution in [0.1, 0.15) is 38.3 Å². The first kappa shape index (κ1) is 14.1. The van der Waals surface area contributed by atoms with E-state index in [0.717, 1.165) is 5.56 Å². The third kappa shape index (κ3) is 4.81. The maximum absolute atomic E-state index is 12.0. The largest absolute Gasteiger partial charge is 0.389 e. The minimum Gasteiger partial charge on any atom is -0.354 e. The van der Waals surface area contributed by atoms with E-state index in [4.69, 9.17) is 5.73 Å². The number of aryl methyl sites for hydroxylation is 1. The van der Waals surface area contributed by atoms with Crippen LogP contribution in [0.15, 0.2) is 18.5 Å². The van der Waals surface area contributed by atoms with Crippen LogP contribution < -0.4 is 5.73 Å². The van der Waals surface area contributed by atoms with Gasteiger partial charge in [-0.3, -0.25) is 0 Å². The fraction of sp³-hybridized carbons (Fsp3) is 0.667. The first-order chi connectivity index (χ1) is 7.79. The number of alkyl halides is 3. The minimum atomic E-state index is -4.07. The average molecular weight is 248 g/mol. The second-order valence-corrected chi connectivity index (χ2v) is 4.67. The van der Waals surface area contributed by atoms with Crippen molar-refractivity contribution in [3.8, 4) is 0 Å². The highest BCUT2D eigenvalue weighted by Crippen LogP contribution is 2.22. The van der Waals surface area contributed by atoms with Gasteiger partial charge in [-0.05, 0) is 24.0 Å². The maximum atomic E-state index is 12.0. The number of nitrogens with zero attached hydrogens (tertiary/aromatic N) is 1. The van der Waals surface area contributed by atoms with Crippen molar-refractivity contribution in [2.45, 2.75) is 45.5 Å². The van der Waals surface area contributed by atoms with Crippen LogP contribution in [0.25, 0.3) is 0 Å². The predicted octanol–water partition coefficient (Wildman–Crippen LogP) is 3.49. The van der Waals surface area contributed by atoms with Crippen molar-refractivity contribution in [1.29, 1.82) is 0 Å². The van der Waals surface area contributed by atoms with Crippen LogP contribution in [0.2, 0.25) is 0 Å². The van der Waals surface area contributed by atoms with Crippen LogP contribution in [0, 0.1) is 5.92 Å². The number of hydrogen-bond donors (Lipinski definition) is 1. The summed E-state index contributed by atoms with van der Waals surface area (Å²) in [4.78, 5) is 0. The lowest BCUT2D eigenvalue weighted by molar-refractivity contribution is -0.135. The SMILES string of the molecule is CC(C)C(N)c1ccn(CCCC(F)(F)F)c1. The molecule has 17 heavy (non-hydrogen) atoms. The Labute approximate surface area is 99.6 Å². The molecule has 2 N–H and O–H groups in total. The van der Waals surface area contributed by atoms with Crippen LogP contribution in [-0.2, 0) is 6.54 Å². The van der Waals surface area contributed by atoms with E-state index >= 15 is 0 Å². The summed E-state index contributed by atoms with van der Waals surface area (Å²) in [7, 11) is 0. The molecule has 0 aliphatic heterocycles. The van der Waals surface area contributed by atoms with Crippen molar-refractivity contribution in [1.82, 2.24) is 4.57 Å².